The average molecular weight is 227 g/mol. The molecule has 0 fully saturated rings. The molecule has 0 saturated heterocycles. The molecule has 6 heteroatoms. The number of carboxylic acid groups (broad SMARTS) is 1. The predicted octanol–water partition coefficient (Wildman–Crippen LogP) is 1.83. The highest BCUT2D eigenvalue weighted by Gasteiger charge is 2.21. The van der Waals surface area contributed by atoms with Gasteiger partial charge in [0.15, 0.2) is 0 Å². The van der Waals surface area contributed by atoms with E-state index in [-0.39, 0.29) is 5.56 Å². The van der Waals surface area contributed by atoms with Crippen molar-refractivity contribution in [3.05, 3.63) is 28.8 Å². The summed E-state index contributed by atoms with van der Waals surface area (Å²) in [5, 5.41) is 26.4. The molecule has 0 aromatic heterocycles. The molecule has 0 spiro atoms. The Morgan fingerprint density at radius 2 is 2.12 bits per heavy atom. The lowest BCUT2D eigenvalue weighted by Gasteiger charge is -2.09. The van der Waals surface area contributed by atoms with Crippen molar-refractivity contribution in [3.63, 3.8) is 0 Å². The van der Waals surface area contributed by atoms with E-state index in [0.717, 1.165) is 12.1 Å². The van der Waals surface area contributed by atoms with Gasteiger partial charge in [-0.05, 0) is 11.6 Å². The van der Waals surface area contributed by atoms with Crippen molar-refractivity contribution in [1.82, 2.24) is 0 Å². The minimum absolute atomic E-state index is 0.0388. The highest BCUT2D eigenvalue weighted by atomic mass is 19.3. The molecule has 2 N–H and O–H groups in total. The number of phenolic OH excluding ortho intramolecular Hbond substituents is 1. The third kappa shape index (κ3) is 2.25. The van der Waals surface area contributed by atoms with Gasteiger partial charge in [0.1, 0.15) is 11.8 Å². The molecule has 0 aliphatic rings. The van der Waals surface area contributed by atoms with Gasteiger partial charge >= 0.3 is 5.97 Å². The Bertz CT molecular complexity index is 466. The van der Waals surface area contributed by atoms with E-state index < -0.39 is 35.7 Å². The van der Waals surface area contributed by atoms with Crippen LogP contribution >= 0.6 is 0 Å². The second-order valence-electron chi connectivity index (χ2n) is 3.02. The largest absolute Gasteiger partial charge is 0.507 e. The van der Waals surface area contributed by atoms with Crippen LogP contribution in [-0.2, 0) is 11.2 Å². The highest BCUT2D eigenvalue weighted by Crippen LogP contribution is 2.33. The van der Waals surface area contributed by atoms with Gasteiger partial charge in [0, 0.05) is 0 Å². The van der Waals surface area contributed by atoms with Crippen molar-refractivity contribution >= 4 is 5.97 Å². The maximum atomic E-state index is 12.5. The maximum absolute atomic E-state index is 12.5. The molecule has 1 aromatic carbocycles. The van der Waals surface area contributed by atoms with Crippen LogP contribution in [-0.4, -0.2) is 16.2 Å². The van der Waals surface area contributed by atoms with E-state index in [9.17, 15) is 18.7 Å². The number of aromatic hydroxyl groups is 1. The quantitative estimate of drug-likeness (QED) is 0.825. The van der Waals surface area contributed by atoms with Crippen LogP contribution < -0.4 is 0 Å². The third-order valence-corrected chi connectivity index (χ3v) is 1.98. The van der Waals surface area contributed by atoms with Gasteiger partial charge in [-0.15, -0.1) is 0 Å². The molecule has 4 nitrogen and oxygen atoms in total. The molecule has 0 aliphatic heterocycles. The lowest BCUT2D eigenvalue weighted by molar-refractivity contribution is -0.136. The third-order valence-electron chi connectivity index (χ3n) is 1.98. The van der Waals surface area contributed by atoms with Gasteiger partial charge in [0.2, 0.25) is 0 Å². The fraction of sp³-hybridized carbons (Fsp3) is 0.200. The first-order chi connectivity index (χ1) is 7.47. The number of halogens is 2. The normalized spacial score (nSPS) is 10.1. The molecule has 16 heavy (non-hydrogen) atoms. The summed E-state index contributed by atoms with van der Waals surface area (Å²) in [4.78, 5) is 10.4. The molecule has 1 rings (SSSR count). The van der Waals surface area contributed by atoms with E-state index in [1.165, 1.54) is 6.07 Å². The molecule has 1 aromatic rings. The van der Waals surface area contributed by atoms with E-state index in [1.807, 2.05) is 0 Å². The smallest absolute Gasteiger partial charge is 0.307 e. The standard InChI is InChI=1S/C10H7F2NO3/c11-10(12)9-6(4-13)5(3-8(15)16)1-2-7(9)14/h1-2,10,14H,3H2,(H,15,16). The number of hydrogen-bond acceptors (Lipinski definition) is 3. The summed E-state index contributed by atoms with van der Waals surface area (Å²) in [5.41, 5.74) is -1.33. The molecule has 84 valence electrons. The number of benzene rings is 1. The van der Waals surface area contributed by atoms with Gasteiger partial charge in [-0.1, -0.05) is 6.07 Å². The summed E-state index contributed by atoms with van der Waals surface area (Å²) in [7, 11) is 0. The number of nitriles is 1. The summed E-state index contributed by atoms with van der Waals surface area (Å²) in [6.07, 6.45) is -3.56. The molecule has 0 aliphatic carbocycles. The van der Waals surface area contributed by atoms with E-state index in [1.54, 1.807) is 0 Å². The van der Waals surface area contributed by atoms with Crippen LogP contribution in [0.4, 0.5) is 8.78 Å². The molecule has 0 saturated carbocycles. The molecule has 0 bridgehead atoms. The van der Waals surface area contributed by atoms with Crippen LogP contribution in [0.25, 0.3) is 0 Å². The number of aliphatic carboxylic acids is 1. The number of phenols is 1. The van der Waals surface area contributed by atoms with Gasteiger partial charge in [-0.25, -0.2) is 8.78 Å². The number of rotatable bonds is 3. The number of hydrogen-bond donors (Lipinski definition) is 2. The monoisotopic (exact) mass is 227 g/mol. The van der Waals surface area contributed by atoms with Crippen molar-refractivity contribution in [2.75, 3.05) is 0 Å². The Kier molecular flexibility index (Phi) is 3.40. The number of alkyl halides is 2. The predicted molar refractivity (Wildman–Crippen MR) is 49.1 cm³/mol. The van der Waals surface area contributed by atoms with E-state index in [2.05, 4.69) is 0 Å². The summed E-state index contributed by atoms with van der Waals surface area (Å²) < 4.78 is 25.1. The molecular weight excluding hydrogens is 220 g/mol. The first-order valence-corrected chi connectivity index (χ1v) is 4.22. The van der Waals surface area contributed by atoms with Gasteiger partial charge in [-0.3, -0.25) is 4.79 Å². The number of carbonyl (C=O) groups is 1. The summed E-state index contributed by atoms with van der Waals surface area (Å²) in [6.45, 7) is 0. The fourth-order valence-electron chi connectivity index (χ4n) is 1.32. The molecule has 0 atom stereocenters. The second kappa shape index (κ2) is 4.57. The Balaban J connectivity index is 3.38. The zero-order valence-corrected chi connectivity index (χ0v) is 7.94. The Morgan fingerprint density at radius 3 is 2.56 bits per heavy atom. The number of carboxylic acids is 1. The van der Waals surface area contributed by atoms with E-state index in [0.29, 0.717) is 0 Å². The summed E-state index contributed by atoms with van der Waals surface area (Å²) in [5.74, 6) is -1.94. The zero-order chi connectivity index (χ0) is 12.3. The van der Waals surface area contributed by atoms with Gasteiger partial charge in [0.05, 0.1) is 17.5 Å². The van der Waals surface area contributed by atoms with Gasteiger partial charge < -0.3 is 10.2 Å². The minimum atomic E-state index is -3.02. The molecule has 0 heterocycles. The van der Waals surface area contributed by atoms with E-state index in [4.69, 9.17) is 10.4 Å². The van der Waals surface area contributed by atoms with Crippen molar-refractivity contribution in [2.24, 2.45) is 0 Å². The van der Waals surface area contributed by atoms with Crippen LogP contribution in [0.3, 0.4) is 0 Å². The zero-order valence-electron chi connectivity index (χ0n) is 7.94. The van der Waals surface area contributed by atoms with Crippen LogP contribution in [0.15, 0.2) is 12.1 Å². The summed E-state index contributed by atoms with van der Waals surface area (Å²) >= 11 is 0. The van der Waals surface area contributed by atoms with Crippen LogP contribution in [0.1, 0.15) is 23.1 Å². The van der Waals surface area contributed by atoms with Gasteiger partial charge in [-0.2, -0.15) is 5.26 Å². The van der Waals surface area contributed by atoms with Gasteiger partial charge in [0.25, 0.3) is 6.43 Å². The van der Waals surface area contributed by atoms with E-state index >= 15 is 0 Å². The minimum Gasteiger partial charge on any atom is -0.507 e. The van der Waals surface area contributed by atoms with Crippen LogP contribution in [0, 0.1) is 11.3 Å². The number of nitrogens with zero attached hydrogens (tertiary/aromatic N) is 1. The second-order valence-corrected chi connectivity index (χ2v) is 3.02. The molecular formula is C10H7F2NO3. The average Bonchev–Trinajstić information content (AvgIpc) is 2.18. The topological polar surface area (TPSA) is 81.3 Å². The lowest BCUT2D eigenvalue weighted by atomic mass is 9.99. The first kappa shape index (κ1) is 11.9. The SMILES string of the molecule is N#Cc1c(CC(=O)O)ccc(O)c1C(F)F. The highest BCUT2D eigenvalue weighted by molar-refractivity contribution is 5.72. The van der Waals surface area contributed by atoms with Crippen molar-refractivity contribution in [3.8, 4) is 11.8 Å². The Morgan fingerprint density at radius 1 is 1.50 bits per heavy atom. The van der Waals surface area contributed by atoms with Crippen molar-refractivity contribution in [1.29, 1.82) is 5.26 Å². The van der Waals surface area contributed by atoms with Crippen molar-refractivity contribution in [2.45, 2.75) is 12.8 Å². The van der Waals surface area contributed by atoms with Crippen molar-refractivity contribution < 1.29 is 23.8 Å². The first-order valence-electron chi connectivity index (χ1n) is 4.22. The molecule has 0 radical (unpaired) electrons. The fourth-order valence-corrected chi connectivity index (χ4v) is 1.32. The lowest BCUT2D eigenvalue weighted by Crippen LogP contribution is -2.05. The molecule has 0 unspecified atom stereocenters. The Hall–Kier alpha value is -2.16. The Labute approximate surface area is 89.4 Å². The maximum Gasteiger partial charge on any atom is 0.307 e. The summed E-state index contributed by atoms with van der Waals surface area (Å²) in [6, 6.07) is 3.59. The van der Waals surface area contributed by atoms with Crippen LogP contribution in [0.5, 0.6) is 5.75 Å². The van der Waals surface area contributed by atoms with Crippen LogP contribution in [0.2, 0.25) is 0 Å². The molecule has 0 amide bonds.